The molecule has 2 aromatic carbocycles. The van der Waals surface area contributed by atoms with Crippen molar-refractivity contribution in [2.45, 2.75) is 23.6 Å². The first-order valence-corrected chi connectivity index (χ1v) is 12.4. The van der Waals surface area contributed by atoms with E-state index in [1.807, 2.05) is 31.2 Å². The lowest BCUT2D eigenvalue weighted by atomic mass is 10.0. The van der Waals surface area contributed by atoms with Crippen LogP contribution in [0.25, 0.3) is 0 Å². The maximum absolute atomic E-state index is 13.4. The Hall–Kier alpha value is -2.26. The highest BCUT2D eigenvalue weighted by Gasteiger charge is 2.23. The molecule has 2 heterocycles. The Kier molecular flexibility index (Phi) is 7.91. The highest BCUT2D eigenvalue weighted by atomic mass is 32.2. The monoisotopic (exact) mass is 471 g/mol. The maximum atomic E-state index is 13.4. The normalized spacial score (nSPS) is 15.4. The molecule has 1 atom stereocenters. The van der Waals surface area contributed by atoms with E-state index in [-0.39, 0.29) is 17.8 Å². The van der Waals surface area contributed by atoms with Gasteiger partial charge < -0.3 is 10.1 Å². The predicted octanol–water partition coefficient (Wildman–Crippen LogP) is 4.69. The summed E-state index contributed by atoms with van der Waals surface area (Å²) in [6, 6.07) is 14.1. The average Bonchev–Trinajstić information content (AvgIpc) is 3.25. The maximum Gasteiger partial charge on any atom is 0.251 e. The highest BCUT2D eigenvalue weighted by molar-refractivity contribution is 7.98. The van der Waals surface area contributed by atoms with Gasteiger partial charge in [0.1, 0.15) is 5.82 Å². The molecule has 168 valence electrons. The van der Waals surface area contributed by atoms with E-state index < -0.39 is 0 Å². The Morgan fingerprint density at radius 1 is 1.19 bits per heavy atom. The summed E-state index contributed by atoms with van der Waals surface area (Å²) in [6.45, 7) is 5.33. The fourth-order valence-electron chi connectivity index (χ4n) is 3.66. The largest absolute Gasteiger partial charge is 0.379 e. The summed E-state index contributed by atoms with van der Waals surface area (Å²) in [5, 5.41) is 6.21. The van der Waals surface area contributed by atoms with Crippen LogP contribution in [0.4, 0.5) is 4.39 Å². The molecule has 4 rings (SSSR count). The van der Waals surface area contributed by atoms with Gasteiger partial charge in [-0.2, -0.15) is 0 Å². The zero-order chi connectivity index (χ0) is 22.3. The molecule has 1 aliphatic heterocycles. The van der Waals surface area contributed by atoms with Crippen molar-refractivity contribution in [2.24, 2.45) is 0 Å². The third kappa shape index (κ3) is 6.16. The Bertz CT molecular complexity index is 1020. The lowest BCUT2D eigenvalue weighted by molar-refractivity contribution is 0.0162. The van der Waals surface area contributed by atoms with Gasteiger partial charge in [-0.15, -0.1) is 23.1 Å². The first-order chi connectivity index (χ1) is 15.6. The molecule has 3 aromatic rings. The van der Waals surface area contributed by atoms with Crippen LogP contribution in [0.1, 0.15) is 32.7 Å². The van der Waals surface area contributed by atoms with Gasteiger partial charge in [-0.25, -0.2) is 9.37 Å². The summed E-state index contributed by atoms with van der Waals surface area (Å²) in [4.78, 5) is 20.6. The summed E-state index contributed by atoms with van der Waals surface area (Å²) in [6.07, 6.45) is 0. The van der Waals surface area contributed by atoms with E-state index in [2.05, 4.69) is 20.6 Å². The van der Waals surface area contributed by atoms with Gasteiger partial charge in [0.05, 0.1) is 30.0 Å². The summed E-state index contributed by atoms with van der Waals surface area (Å²) in [7, 11) is 0. The van der Waals surface area contributed by atoms with Crippen molar-refractivity contribution in [1.82, 2.24) is 15.2 Å². The molecular weight excluding hydrogens is 445 g/mol. The molecule has 0 aliphatic carbocycles. The second-order valence-corrected chi connectivity index (χ2v) is 9.71. The second-order valence-electron chi connectivity index (χ2n) is 7.60. The molecule has 0 saturated carbocycles. The number of halogens is 1. The molecule has 8 heteroatoms. The van der Waals surface area contributed by atoms with Crippen molar-refractivity contribution in [3.05, 3.63) is 81.6 Å². The van der Waals surface area contributed by atoms with Crippen LogP contribution in [0.5, 0.6) is 0 Å². The van der Waals surface area contributed by atoms with Crippen molar-refractivity contribution in [2.75, 3.05) is 32.8 Å². The van der Waals surface area contributed by atoms with E-state index in [4.69, 9.17) is 4.74 Å². The summed E-state index contributed by atoms with van der Waals surface area (Å²) < 4.78 is 18.9. The van der Waals surface area contributed by atoms with Crippen molar-refractivity contribution in [3.63, 3.8) is 0 Å². The molecule has 1 N–H and O–H groups in total. The average molecular weight is 472 g/mol. The van der Waals surface area contributed by atoms with Gasteiger partial charge in [0.25, 0.3) is 5.91 Å². The van der Waals surface area contributed by atoms with E-state index >= 15 is 0 Å². The van der Waals surface area contributed by atoms with Gasteiger partial charge in [-0.1, -0.05) is 12.1 Å². The van der Waals surface area contributed by atoms with Gasteiger partial charge in [-0.3, -0.25) is 9.69 Å². The van der Waals surface area contributed by atoms with Crippen LogP contribution in [0.3, 0.4) is 0 Å². The third-order valence-corrected chi connectivity index (χ3v) is 7.23. The quantitative estimate of drug-likeness (QED) is 0.483. The van der Waals surface area contributed by atoms with Crippen molar-refractivity contribution in [1.29, 1.82) is 0 Å². The SMILES string of the molecule is Cc1nc(CSc2ccc(C(=O)NC[C@H](c3ccc(F)cc3)N3CCOCC3)cc2)cs1. The van der Waals surface area contributed by atoms with Crippen molar-refractivity contribution in [3.8, 4) is 0 Å². The zero-order valence-electron chi connectivity index (χ0n) is 17.9. The number of nitrogens with one attached hydrogen (secondary N) is 1. The number of morpholine rings is 1. The molecule has 0 bridgehead atoms. The van der Waals surface area contributed by atoms with Crippen LogP contribution < -0.4 is 5.32 Å². The molecule has 1 amide bonds. The van der Waals surface area contributed by atoms with E-state index in [0.717, 1.165) is 40.0 Å². The number of aromatic nitrogens is 1. The van der Waals surface area contributed by atoms with E-state index in [0.29, 0.717) is 25.3 Å². The number of aryl methyl sites for hydroxylation is 1. The Morgan fingerprint density at radius 2 is 1.91 bits per heavy atom. The van der Waals surface area contributed by atoms with Gasteiger partial charge in [0, 0.05) is 41.2 Å². The number of hydrogen-bond acceptors (Lipinski definition) is 6. The van der Waals surface area contributed by atoms with Gasteiger partial charge in [0.2, 0.25) is 0 Å². The van der Waals surface area contributed by atoms with Crippen LogP contribution in [-0.4, -0.2) is 48.6 Å². The molecule has 1 aliphatic rings. The number of nitrogens with zero attached hydrogens (tertiary/aromatic N) is 2. The molecule has 32 heavy (non-hydrogen) atoms. The fourth-order valence-corrected chi connectivity index (χ4v) is 5.17. The number of benzene rings is 2. The molecule has 1 fully saturated rings. The number of thiazole rings is 1. The molecule has 0 radical (unpaired) electrons. The summed E-state index contributed by atoms with van der Waals surface area (Å²) >= 11 is 3.36. The Balaban J connectivity index is 1.36. The number of hydrogen-bond donors (Lipinski definition) is 1. The van der Waals surface area contributed by atoms with Gasteiger partial charge >= 0.3 is 0 Å². The van der Waals surface area contributed by atoms with E-state index in [1.165, 1.54) is 12.1 Å². The first kappa shape index (κ1) is 22.9. The molecule has 0 spiro atoms. The Labute approximate surface area is 196 Å². The number of thioether (sulfide) groups is 1. The predicted molar refractivity (Wildman–Crippen MR) is 127 cm³/mol. The zero-order valence-corrected chi connectivity index (χ0v) is 19.6. The molecule has 1 saturated heterocycles. The number of carbonyl (C=O) groups is 1. The second kappa shape index (κ2) is 11.0. The van der Waals surface area contributed by atoms with E-state index in [9.17, 15) is 9.18 Å². The minimum atomic E-state index is -0.263. The first-order valence-electron chi connectivity index (χ1n) is 10.6. The topological polar surface area (TPSA) is 54.5 Å². The van der Waals surface area contributed by atoms with Crippen LogP contribution in [0.2, 0.25) is 0 Å². The smallest absolute Gasteiger partial charge is 0.251 e. The minimum Gasteiger partial charge on any atom is -0.379 e. The fraction of sp³-hybridized carbons (Fsp3) is 0.333. The third-order valence-electron chi connectivity index (χ3n) is 5.37. The van der Waals surface area contributed by atoms with Gasteiger partial charge in [0.15, 0.2) is 0 Å². The molecule has 1 aromatic heterocycles. The van der Waals surface area contributed by atoms with E-state index in [1.54, 1.807) is 35.2 Å². The van der Waals surface area contributed by atoms with Gasteiger partial charge in [-0.05, 0) is 48.9 Å². The number of carbonyl (C=O) groups excluding carboxylic acids is 1. The lowest BCUT2D eigenvalue weighted by Crippen LogP contribution is -2.43. The van der Waals surface area contributed by atoms with Crippen molar-refractivity contribution >= 4 is 29.0 Å². The van der Waals surface area contributed by atoms with Crippen molar-refractivity contribution < 1.29 is 13.9 Å². The van der Waals surface area contributed by atoms with Crippen LogP contribution >= 0.6 is 23.1 Å². The minimum absolute atomic E-state index is 0.0279. The highest BCUT2D eigenvalue weighted by Crippen LogP contribution is 2.25. The summed E-state index contributed by atoms with van der Waals surface area (Å²) in [5.74, 6) is 0.438. The number of ether oxygens (including phenoxy) is 1. The van der Waals surface area contributed by atoms with Crippen LogP contribution in [0, 0.1) is 12.7 Å². The Morgan fingerprint density at radius 3 is 2.56 bits per heavy atom. The molecule has 5 nitrogen and oxygen atoms in total. The molecule has 0 unspecified atom stereocenters. The summed E-state index contributed by atoms with van der Waals surface area (Å²) in [5.41, 5.74) is 2.69. The number of rotatable bonds is 8. The van der Waals surface area contributed by atoms with Crippen LogP contribution in [0.15, 0.2) is 58.8 Å². The molecular formula is C24H26FN3O2S2. The number of amides is 1. The lowest BCUT2D eigenvalue weighted by Gasteiger charge is -2.35. The van der Waals surface area contributed by atoms with Crippen LogP contribution in [-0.2, 0) is 10.5 Å². The standard InChI is InChI=1S/C24H26FN3O2S2/c1-17-27-21(15-31-17)16-32-22-8-4-19(5-9-22)24(29)26-14-23(28-10-12-30-13-11-28)18-2-6-20(25)7-3-18/h2-9,15,23H,10-14,16H2,1H3,(H,26,29)/t23-/m1/s1.